The van der Waals surface area contributed by atoms with E-state index in [0.29, 0.717) is 17.2 Å². The molecule has 6 nitrogen and oxygen atoms in total. The van der Waals surface area contributed by atoms with Gasteiger partial charge in [0.15, 0.2) is 0 Å². The van der Waals surface area contributed by atoms with Gasteiger partial charge in [-0.15, -0.1) is 11.3 Å². The second-order valence-electron chi connectivity index (χ2n) is 8.26. The van der Waals surface area contributed by atoms with Crippen LogP contribution in [0.1, 0.15) is 48.6 Å². The Morgan fingerprint density at radius 3 is 2.53 bits per heavy atom. The summed E-state index contributed by atoms with van der Waals surface area (Å²) in [6.07, 6.45) is 0. The molecule has 0 spiro atoms. The van der Waals surface area contributed by atoms with E-state index >= 15 is 0 Å². The number of thiophene rings is 1. The summed E-state index contributed by atoms with van der Waals surface area (Å²) >= 11 is 1.38. The number of hydrogen-bond acceptors (Lipinski definition) is 4. The first-order valence-corrected chi connectivity index (χ1v) is 10.9. The second kappa shape index (κ2) is 8.83. The van der Waals surface area contributed by atoms with Gasteiger partial charge < -0.3 is 10.2 Å². The summed E-state index contributed by atoms with van der Waals surface area (Å²) < 4.78 is 1.75. The molecule has 0 saturated carbocycles. The van der Waals surface area contributed by atoms with Gasteiger partial charge in [0.25, 0.3) is 5.91 Å². The van der Waals surface area contributed by atoms with Gasteiger partial charge in [0.05, 0.1) is 16.3 Å². The van der Waals surface area contributed by atoms with Crippen molar-refractivity contribution < 1.29 is 9.59 Å². The summed E-state index contributed by atoms with van der Waals surface area (Å²) in [5.74, 6) is 0.205. The zero-order valence-electron chi connectivity index (χ0n) is 18.1. The number of anilines is 1. The Kier molecular flexibility index (Phi) is 6.41. The molecule has 1 N–H and O–H groups in total. The van der Waals surface area contributed by atoms with E-state index in [-0.39, 0.29) is 23.8 Å². The molecule has 2 heterocycles. The molecule has 0 unspecified atom stereocenters. The molecule has 0 aliphatic rings. The number of rotatable bonds is 6. The lowest BCUT2D eigenvalue weighted by Gasteiger charge is -2.19. The molecule has 0 aliphatic heterocycles. The number of aryl methyl sites for hydroxylation is 1. The van der Waals surface area contributed by atoms with Crippen molar-refractivity contribution in [1.82, 2.24) is 14.7 Å². The molecule has 2 amide bonds. The van der Waals surface area contributed by atoms with Gasteiger partial charge in [0, 0.05) is 18.0 Å². The number of amides is 2. The van der Waals surface area contributed by atoms with E-state index in [9.17, 15) is 9.59 Å². The lowest BCUT2D eigenvalue weighted by molar-refractivity contribution is -0.116. The van der Waals surface area contributed by atoms with Gasteiger partial charge in [0.1, 0.15) is 12.4 Å². The number of likely N-dealkylation sites (N-methyl/N-ethyl adjacent to an activating group) is 1. The van der Waals surface area contributed by atoms with Crippen LogP contribution in [0.25, 0.3) is 5.69 Å². The minimum absolute atomic E-state index is 0.0168. The zero-order valence-corrected chi connectivity index (χ0v) is 18.9. The van der Waals surface area contributed by atoms with E-state index in [1.54, 1.807) is 15.6 Å². The van der Waals surface area contributed by atoms with Crippen LogP contribution >= 0.6 is 11.3 Å². The number of nitrogens with zero attached hydrogens (tertiary/aromatic N) is 3. The Labute approximate surface area is 181 Å². The van der Waals surface area contributed by atoms with E-state index in [1.165, 1.54) is 11.3 Å². The number of nitrogens with one attached hydrogen (secondary N) is 1. The topological polar surface area (TPSA) is 67.2 Å². The van der Waals surface area contributed by atoms with Gasteiger partial charge in [0.2, 0.25) is 5.91 Å². The van der Waals surface area contributed by atoms with Gasteiger partial charge in [-0.1, -0.05) is 39.0 Å². The molecule has 30 heavy (non-hydrogen) atoms. The van der Waals surface area contributed by atoms with Gasteiger partial charge >= 0.3 is 0 Å². The highest BCUT2D eigenvalue weighted by Gasteiger charge is 2.23. The van der Waals surface area contributed by atoms with Crippen molar-refractivity contribution in [3.63, 3.8) is 0 Å². The highest BCUT2D eigenvalue weighted by molar-refractivity contribution is 7.12. The van der Waals surface area contributed by atoms with Crippen LogP contribution in [-0.2, 0) is 10.2 Å². The highest BCUT2D eigenvalue weighted by Crippen LogP contribution is 2.26. The normalized spacial score (nSPS) is 11.4. The van der Waals surface area contributed by atoms with Crippen LogP contribution in [0, 0.1) is 6.92 Å². The summed E-state index contributed by atoms with van der Waals surface area (Å²) in [5.41, 5.74) is 2.69. The van der Waals surface area contributed by atoms with Crippen LogP contribution in [0.15, 0.2) is 47.8 Å². The van der Waals surface area contributed by atoms with Crippen molar-refractivity contribution in [2.75, 3.05) is 18.4 Å². The zero-order chi connectivity index (χ0) is 21.9. The first kappa shape index (κ1) is 21.8. The fourth-order valence-electron chi connectivity index (χ4n) is 3.03. The maximum Gasteiger partial charge on any atom is 0.264 e. The molecule has 7 heteroatoms. The van der Waals surface area contributed by atoms with Crippen molar-refractivity contribution in [2.45, 2.75) is 40.0 Å². The van der Waals surface area contributed by atoms with Crippen molar-refractivity contribution >= 4 is 29.0 Å². The molecular weight excluding hydrogens is 396 g/mol. The molecule has 1 aromatic carbocycles. The number of hydrogen-bond donors (Lipinski definition) is 1. The second-order valence-corrected chi connectivity index (χ2v) is 9.21. The standard InChI is InChI=1S/C23H28N4O2S/c1-6-26(22(29)18-11-8-12-30-18)15-21(28)24-20-14-19(23(3,4)5)25-27(20)17-10-7-9-16(2)13-17/h7-14H,6,15H2,1-5H3,(H,24,28). The summed E-state index contributed by atoms with van der Waals surface area (Å²) in [5, 5.41) is 9.56. The molecular formula is C23H28N4O2S. The highest BCUT2D eigenvalue weighted by atomic mass is 32.1. The third kappa shape index (κ3) is 4.97. The third-order valence-electron chi connectivity index (χ3n) is 4.73. The Morgan fingerprint density at radius 1 is 1.17 bits per heavy atom. The Hall–Kier alpha value is -2.93. The molecule has 158 valence electrons. The smallest absolute Gasteiger partial charge is 0.264 e. The summed E-state index contributed by atoms with van der Waals surface area (Å²) in [7, 11) is 0. The quantitative estimate of drug-likeness (QED) is 0.627. The van der Waals surface area contributed by atoms with Crippen LogP contribution in [0.5, 0.6) is 0 Å². The van der Waals surface area contributed by atoms with Gasteiger partial charge in [-0.25, -0.2) is 4.68 Å². The molecule has 0 fully saturated rings. The van der Waals surface area contributed by atoms with E-state index in [4.69, 9.17) is 5.10 Å². The van der Waals surface area contributed by atoms with E-state index in [0.717, 1.165) is 16.9 Å². The summed E-state index contributed by atoms with van der Waals surface area (Å²) in [6.45, 7) is 10.6. The number of benzene rings is 1. The van der Waals surface area contributed by atoms with Gasteiger partial charge in [-0.05, 0) is 43.0 Å². The Balaban J connectivity index is 1.85. The van der Waals surface area contributed by atoms with E-state index in [1.807, 2.05) is 55.6 Å². The molecule has 2 aromatic heterocycles. The van der Waals surface area contributed by atoms with Crippen molar-refractivity contribution in [3.8, 4) is 5.69 Å². The molecule has 0 bridgehead atoms. The minimum Gasteiger partial charge on any atom is -0.329 e. The minimum atomic E-state index is -0.254. The van der Waals surface area contributed by atoms with E-state index in [2.05, 4.69) is 26.1 Å². The maximum atomic E-state index is 12.8. The summed E-state index contributed by atoms with van der Waals surface area (Å²) in [4.78, 5) is 27.6. The Bertz CT molecular complexity index is 1030. The van der Waals surface area contributed by atoms with Crippen LogP contribution in [0.2, 0.25) is 0 Å². The van der Waals surface area contributed by atoms with Crippen molar-refractivity contribution in [1.29, 1.82) is 0 Å². The lowest BCUT2D eigenvalue weighted by Crippen LogP contribution is -2.37. The number of aromatic nitrogens is 2. The molecule has 0 atom stereocenters. The Morgan fingerprint density at radius 2 is 1.93 bits per heavy atom. The molecule has 0 aliphatic carbocycles. The average Bonchev–Trinajstić information content (AvgIpc) is 3.35. The number of carbonyl (C=O) groups is 2. The lowest BCUT2D eigenvalue weighted by atomic mass is 9.92. The molecule has 0 radical (unpaired) electrons. The SMILES string of the molecule is CCN(CC(=O)Nc1cc(C(C)(C)C)nn1-c1cccc(C)c1)C(=O)c1cccs1. The molecule has 3 aromatic rings. The predicted octanol–water partition coefficient (Wildman–Crippen LogP) is 4.64. The average molecular weight is 425 g/mol. The van der Waals surface area contributed by atoms with Crippen molar-refractivity contribution in [3.05, 3.63) is 64.0 Å². The first-order chi connectivity index (χ1) is 14.2. The van der Waals surface area contributed by atoms with Gasteiger partial charge in [-0.2, -0.15) is 5.10 Å². The van der Waals surface area contributed by atoms with Crippen LogP contribution < -0.4 is 5.32 Å². The molecule has 3 rings (SSSR count). The summed E-state index contributed by atoms with van der Waals surface area (Å²) in [6, 6.07) is 13.5. The largest absolute Gasteiger partial charge is 0.329 e. The maximum absolute atomic E-state index is 12.8. The fourth-order valence-corrected chi connectivity index (χ4v) is 3.72. The van der Waals surface area contributed by atoms with Crippen LogP contribution in [-0.4, -0.2) is 39.6 Å². The van der Waals surface area contributed by atoms with Gasteiger partial charge in [-0.3, -0.25) is 9.59 Å². The number of carbonyl (C=O) groups excluding carboxylic acids is 2. The van der Waals surface area contributed by atoms with Crippen molar-refractivity contribution in [2.24, 2.45) is 0 Å². The van der Waals surface area contributed by atoms with Crippen LogP contribution in [0.3, 0.4) is 0 Å². The fraction of sp³-hybridized carbons (Fsp3) is 0.348. The first-order valence-electron chi connectivity index (χ1n) is 9.99. The van der Waals surface area contributed by atoms with E-state index < -0.39 is 0 Å². The predicted molar refractivity (Wildman–Crippen MR) is 122 cm³/mol. The van der Waals surface area contributed by atoms with Crippen LogP contribution in [0.4, 0.5) is 5.82 Å². The molecule has 0 saturated heterocycles. The monoisotopic (exact) mass is 424 g/mol. The third-order valence-corrected chi connectivity index (χ3v) is 5.58.